The van der Waals surface area contributed by atoms with E-state index in [-0.39, 0.29) is 0 Å². The fraction of sp³-hybridized carbons (Fsp3) is 0.947. The Morgan fingerprint density at radius 2 is 1.09 bits per heavy atom. The highest BCUT2D eigenvalue weighted by Gasteiger charge is 2.10. The van der Waals surface area contributed by atoms with Crippen LogP contribution in [0.25, 0.3) is 0 Å². The van der Waals surface area contributed by atoms with Gasteiger partial charge in [-0.25, -0.2) is 0 Å². The highest BCUT2D eigenvalue weighted by atomic mass is 16.3. The lowest BCUT2D eigenvalue weighted by Crippen LogP contribution is -2.42. The van der Waals surface area contributed by atoms with Gasteiger partial charge in [-0.3, -0.25) is 0 Å². The molecule has 3 nitrogen and oxygen atoms in total. The monoisotopic (exact) mass is 314 g/mol. The summed E-state index contributed by atoms with van der Waals surface area (Å²) < 4.78 is 1.21. The van der Waals surface area contributed by atoms with Crippen LogP contribution in [0.15, 0.2) is 0 Å². The molecule has 0 aromatic heterocycles. The molecule has 3 heteroatoms. The number of nitrogens with zero attached hydrogens (tertiary/aromatic N) is 1. The Kier molecular flexibility index (Phi) is 18.1. The fourth-order valence-electron chi connectivity index (χ4n) is 2.27. The summed E-state index contributed by atoms with van der Waals surface area (Å²) in [5.41, 5.74) is 0. The second-order valence-electron chi connectivity index (χ2n) is 6.57. The first-order chi connectivity index (χ1) is 10.5. The normalized spacial score (nSPS) is 11.0. The van der Waals surface area contributed by atoms with Gasteiger partial charge in [-0.2, -0.15) is 0 Å². The lowest BCUT2D eigenvalue weighted by atomic mass is 10.1. The fourth-order valence-corrected chi connectivity index (χ4v) is 2.27. The lowest BCUT2D eigenvalue weighted by molar-refractivity contribution is -0.904. The number of nitrogens with one attached hydrogen (secondary N) is 1. The quantitative estimate of drug-likeness (QED) is 0.227. The van der Waals surface area contributed by atoms with Crippen LogP contribution in [0.1, 0.15) is 91.9 Å². The van der Waals surface area contributed by atoms with Crippen molar-refractivity contribution in [2.75, 3.05) is 26.7 Å². The molecule has 0 aliphatic heterocycles. The molecule has 0 spiro atoms. The number of quaternary nitrogens is 1. The molecule has 0 aromatic carbocycles. The van der Waals surface area contributed by atoms with Gasteiger partial charge in [-0.05, 0) is 39.5 Å². The van der Waals surface area contributed by atoms with E-state index in [0.717, 1.165) is 12.8 Å². The lowest BCUT2D eigenvalue weighted by Gasteiger charge is -2.30. The summed E-state index contributed by atoms with van der Waals surface area (Å²) in [7, 11) is 2.29. The van der Waals surface area contributed by atoms with Gasteiger partial charge in [0.15, 0.2) is 0 Å². The van der Waals surface area contributed by atoms with E-state index in [1.165, 1.54) is 69.1 Å². The van der Waals surface area contributed by atoms with E-state index in [1.807, 2.05) is 0 Å². The van der Waals surface area contributed by atoms with Crippen LogP contribution in [0.3, 0.4) is 0 Å². The van der Waals surface area contributed by atoms with Gasteiger partial charge >= 0.3 is 0 Å². The van der Waals surface area contributed by atoms with E-state index in [4.69, 9.17) is 5.41 Å². The van der Waals surface area contributed by atoms with Crippen LogP contribution in [-0.2, 0) is 0 Å². The minimum Gasteiger partial charge on any atom is -0.862 e. The van der Waals surface area contributed by atoms with Gasteiger partial charge in [-0.15, -0.1) is 0 Å². The molecule has 0 aromatic rings. The first-order valence-corrected chi connectivity index (χ1v) is 9.53. The molecular formula is C19H42N2O. The molecule has 0 unspecified atom stereocenters. The van der Waals surface area contributed by atoms with Crippen LogP contribution in [0, 0.1) is 5.41 Å². The third-order valence-corrected chi connectivity index (χ3v) is 4.80. The zero-order valence-corrected chi connectivity index (χ0v) is 16.0. The minimum absolute atomic E-state index is 0.409. The predicted molar refractivity (Wildman–Crippen MR) is 97.4 cm³/mol. The second kappa shape index (κ2) is 16.8. The first-order valence-electron chi connectivity index (χ1n) is 9.53. The number of hydrogen-bond donors (Lipinski definition) is 1. The zero-order chi connectivity index (χ0) is 17.3. The average molecular weight is 315 g/mol. The van der Waals surface area contributed by atoms with Crippen LogP contribution >= 0.6 is 0 Å². The van der Waals surface area contributed by atoms with Crippen molar-refractivity contribution >= 4 is 5.90 Å². The van der Waals surface area contributed by atoms with Crippen molar-refractivity contribution in [1.29, 1.82) is 5.41 Å². The SMILES string of the molecule is CCCCCCCCCCCC(=N)[O-].CC[N+](C)(CC)CC. The molecule has 22 heavy (non-hydrogen) atoms. The molecule has 0 saturated heterocycles. The third-order valence-electron chi connectivity index (χ3n) is 4.80. The molecule has 0 aliphatic rings. The van der Waals surface area contributed by atoms with Crippen LogP contribution in [0.4, 0.5) is 0 Å². The molecular weight excluding hydrogens is 272 g/mol. The molecule has 0 radical (unpaired) electrons. The molecule has 0 saturated carbocycles. The Morgan fingerprint density at radius 1 is 0.727 bits per heavy atom. The molecule has 0 atom stereocenters. The summed E-state index contributed by atoms with van der Waals surface area (Å²) in [5.74, 6) is -0.409. The molecule has 0 aliphatic carbocycles. The van der Waals surface area contributed by atoms with E-state index in [0.29, 0.717) is 6.42 Å². The van der Waals surface area contributed by atoms with Gasteiger partial charge < -0.3 is 15.0 Å². The van der Waals surface area contributed by atoms with Crippen LogP contribution in [0.2, 0.25) is 0 Å². The highest BCUT2D eigenvalue weighted by molar-refractivity contribution is 5.67. The van der Waals surface area contributed by atoms with Crippen LogP contribution in [-0.4, -0.2) is 37.1 Å². The number of rotatable bonds is 13. The number of unbranched alkanes of at least 4 members (excludes halogenated alkanes) is 8. The van der Waals surface area contributed by atoms with Crippen molar-refractivity contribution < 1.29 is 9.59 Å². The minimum atomic E-state index is -0.409. The van der Waals surface area contributed by atoms with Gasteiger partial charge in [0.05, 0.1) is 26.7 Å². The summed E-state index contributed by atoms with van der Waals surface area (Å²) in [6.45, 7) is 12.7. The van der Waals surface area contributed by atoms with E-state index >= 15 is 0 Å². The van der Waals surface area contributed by atoms with Gasteiger partial charge in [-0.1, -0.05) is 58.3 Å². The maximum absolute atomic E-state index is 10.3. The maximum Gasteiger partial charge on any atom is 0.0755 e. The summed E-state index contributed by atoms with van der Waals surface area (Å²) in [5, 5.41) is 17.0. The van der Waals surface area contributed by atoms with Gasteiger partial charge in [0.1, 0.15) is 0 Å². The topological polar surface area (TPSA) is 46.9 Å². The Labute approximate surface area is 140 Å². The summed E-state index contributed by atoms with van der Waals surface area (Å²) in [4.78, 5) is 0. The Bertz CT molecular complexity index is 229. The maximum atomic E-state index is 10.3. The summed E-state index contributed by atoms with van der Waals surface area (Å²) in [6.07, 6.45) is 11.8. The molecule has 134 valence electrons. The predicted octanol–water partition coefficient (Wildman–Crippen LogP) is 4.74. The summed E-state index contributed by atoms with van der Waals surface area (Å²) >= 11 is 0. The Balaban J connectivity index is 0. The molecule has 0 rings (SSSR count). The smallest absolute Gasteiger partial charge is 0.0755 e. The average Bonchev–Trinajstić information content (AvgIpc) is 2.53. The van der Waals surface area contributed by atoms with E-state index in [9.17, 15) is 5.11 Å². The van der Waals surface area contributed by atoms with E-state index in [2.05, 4.69) is 34.7 Å². The van der Waals surface area contributed by atoms with Crippen molar-refractivity contribution in [3.8, 4) is 0 Å². The van der Waals surface area contributed by atoms with Crippen molar-refractivity contribution in [1.82, 2.24) is 0 Å². The zero-order valence-electron chi connectivity index (χ0n) is 16.0. The van der Waals surface area contributed by atoms with Crippen molar-refractivity contribution in [2.24, 2.45) is 0 Å². The Morgan fingerprint density at radius 3 is 1.36 bits per heavy atom. The third kappa shape index (κ3) is 17.5. The molecule has 0 amide bonds. The molecule has 0 bridgehead atoms. The number of hydrogen-bond acceptors (Lipinski definition) is 2. The van der Waals surface area contributed by atoms with Crippen LogP contribution in [0.5, 0.6) is 0 Å². The highest BCUT2D eigenvalue weighted by Crippen LogP contribution is 2.10. The largest absolute Gasteiger partial charge is 0.862 e. The summed E-state index contributed by atoms with van der Waals surface area (Å²) in [6, 6.07) is 0. The van der Waals surface area contributed by atoms with E-state index < -0.39 is 5.90 Å². The van der Waals surface area contributed by atoms with Gasteiger partial charge in [0.2, 0.25) is 0 Å². The van der Waals surface area contributed by atoms with Crippen molar-refractivity contribution in [2.45, 2.75) is 91.9 Å². The van der Waals surface area contributed by atoms with Gasteiger partial charge in [0, 0.05) is 0 Å². The van der Waals surface area contributed by atoms with E-state index in [1.54, 1.807) is 0 Å². The standard InChI is InChI=1S/C12H25NO.C7H18N/c1-2-3-4-5-6-7-8-9-10-11-12(13)14;1-5-8(4,6-2)7-3/h2-11H2,1H3,(H2,13,14);5-7H2,1-4H3/q;+1/p-1. The Hall–Kier alpha value is -0.570. The van der Waals surface area contributed by atoms with Crippen LogP contribution < -0.4 is 5.11 Å². The van der Waals surface area contributed by atoms with Crippen molar-refractivity contribution in [3.05, 3.63) is 0 Å². The van der Waals surface area contributed by atoms with Gasteiger partial charge in [0.25, 0.3) is 0 Å². The van der Waals surface area contributed by atoms with Crippen molar-refractivity contribution in [3.63, 3.8) is 0 Å². The molecule has 0 fully saturated rings. The molecule has 0 heterocycles. The second-order valence-corrected chi connectivity index (χ2v) is 6.57. The first kappa shape index (κ1) is 23.7. The molecule has 1 N–H and O–H groups in total.